The SMILES string of the molecule is CCOc1ccc(/C=N\NC(=O)Cc2csc(Nc3cccc(C(F)(F)F)c3)n2)cc1Cl. The zero-order valence-corrected chi connectivity index (χ0v) is 18.3. The van der Waals surface area contributed by atoms with Gasteiger partial charge in [0.25, 0.3) is 0 Å². The van der Waals surface area contributed by atoms with Crippen molar-refractivity contribution in [3.05, 3.63) is 69.7 Å². The van der Waals surface area contributed by atoms with Gasteiger partial charge in [0.2, 0.25) is 5.91 Å². The summed E-state index contributed by atoms with van der Waals surface area (Å²) in [5, 5.41) is 9.16. The molecule has 1 heterocycles. The second-order valence-corrected chi connectivity index (χ2v) is 7.71. The molecule has 1 aromatic heterocycles. The van der Waals surface area contributed by atoms with Crippen LogP contribution in [0, 0.1) is 0 Å². The van der Waals surface area contributed by atoms with Gasteiger partial charge >= 0.3 is 6.18 Å². The largest absolute Gasteiger partial charge is 0.492 e. The topological polar surface area (TPSA) is 75.6 Å². The molecule has 1 amide bonds. The Morgan fingerprint density at radius 1 is 1.28 bits per heavy atom. The van der Waals surface area contributed by atoms with Crippen molar-refractivity contribution >= 4 is 45.9 Å². The lowest BCUT2D eigenvalue weighted by Crippen LogP contribution is -2.19. The average Bonchev–Trinajstić information content (AvgIpc) is 3.16. The molecule has 0 radical (unpaired) electrons. The lowest BCUT2D eigenvalue weighted by Gasteiger charge is -2.08. The van der Waals surface area contributed by atoms with Crippen LogP contribution in [0.5, 0.6) is 5.75 Å². The third kappa shape index (κ3) is 6.69. The lowest BCUT2D eigenvalue weighted by molar-refractivity contribution is -0.137. The smallest absolute Gasteiger partial charge is 0.416 e. The van der Waals surface area contributed by atoms with Crippen molar-refractivity contribution in [2.75, 3.05) is 11.9 Å². The molecule has 0 atom stereocenters. The molecule has 3 aromatic rings. The number of hydrogen-bond acceptors (Lipinski definition) is 6. The highest BCUT2D eigenvalue weighted by atomic mass is 35.5. The number of hydrazone groups is 1. The monoisotopic (exact) mass is 482 g/mol. The molecule has 6 nitrogen and oxygen atoms in total. The molecule has 32 heavy (non-hydrogen) atoms. The summed E-state index contributed by atoms with van der Waals surface area (Å²) in [6.45, 7) is 2.35. The Bertz CT molecular complexity index is 1120. The number of halogens is 4. The second kappa shape index (κ2) is 10.5. The number of hydrogen-bond donors (Lipinski definition) is 2. The number of amides is 1. The number of aromatic nitrogens is 1. The third-order valence-corrected chi connectivity index (χ3v) is 5.10. The van der Waals surface area contributed by atoms with Crippen LogP contribution in [0.4, 0.5) is 24.0 Å². The molecule has 11 heteroatoms. The summed E-state index contributed by atoms with van der Waals surface area (Å²) < 4.78 is 43.8. The molecule has 3 rings (SSSR count). The fraction of sp³-hybridized carbons (Fsp3) is 0.190. The predicted octanol–water partition coefficient (Wildman–Crippen LogP) is 5.65. The van der Waals surface area contributed by atoms with Crippen molar-refractivity contribution in [1.29, 1.82) is 0 Å². The van der Waals surface area contributed by atoms with E-state index < -0.39 is 17.6 Å². The lowest BCUT2D eigenvalue weighted by atomic mass is 10.2. The van der Waals surface area contributed by atoms with Crippen molar-refractivity contribution in [1.82, 2.24) is 10.4 Å². The molecule has 0 aliphatic rings. The molecule has 2 aromatic carbocycles. The normalized spacial score (nSPS) is 11.5. The van der Waals surface area contributed by atoms with Crippen molar-refractivity contribution < 1.29 is 22.7 Å². The van der Waals surface area contributed by atoms with Gasteiger partial charge in [-0.2, -0.15) is 18.3 Å². The van der Waals surface area contributed by atoms with E-state index in [1.54, 1.807) is 23.6 Å². The Morgan fingerprint density at radius 2 is 2.09 bits per heavy atom. The van der Waals surface area contributed by atoms with Crippen LogP contribution in [-0.2, 0) is 17.4 Å². The molecule has 0 aliphatic heterocycles. The maximum absolute atomic E-state index is 12.8. The van der Waals surface area contributed by atoms with Crippen molar-refractivity contribution in [3.8, 4) is 5.75 Å². The molecule has 0 saturated heterocycles. The molecule has 0 bridgehead atoms. The number of carbonyl (C=O) groups excluding carboxylic acids is 1. The van der Waals surface area contributed by atoms with Crippen molar-refractivity contribution in [3.63, 3.8) is 0 Å². The van der Waals surface area contributed by atoms with Gasteiger partial charge in [-0.05, 0) is 48.9 Å². The Labute approximate surface area is 191 Å². The molecular formula is C21H18ClF3N4O2S. The summed E-state index contributed by atoms with van der Waals surface area (Å²) in [5.74, 6) is 0.169. The van der Waals surface area contributed by atoms with Gasteiger partial charge in [0.1, 0.15) is 5.75 Å². The first-order chi connectivity index (χ1) is 15.2. The van der Waals surface area contributed by atoms with Gasteiger partial charge in [-0.25, -0.2) is 10.4 Å². The fourth-order valence-electron chi connectivity index (χ4n) is 2.60. The summed E-state index contributed by atoms with van der Waals surface area (Å²) >= 11 is 7.28. The molecule has 2 N–H and O–H groups in total. The van der Waals surface area contributed by atoms with E-state index in [2.05, 4.69) is 20.8 Å². The van der Waals surface area contributed by atoms with Crippen LogP contribution < -0.4 is 15.5 Å². The van der Waals surface area contributed by atoms with Crippen LogP contribution in [0.15, 0.2) is 52.9 Å². The minimum atomic E-state index is -4.43. The molecule has 168 valence electrons. The first kappa shape index (κ1) is 23.6. The number of alkyl halides is 3. The number of carbonyl (C=O) groups is 1. The predicted molar refractivity (Wildman–Crippen MR) is 119 cm³/mol. The van der Waals surface area contributed by atoms with Crippen LogP contribution in [0.25, 0.3) is 0 Å². The minimum Gasteiger partial charge on any atom is -0.492 e. The van der Waals surface area contributed by atoms with Gasteiger partial charge in [-0.3, -0.25) is 4.79 Å². The first-order valence-electron chi connectivity index (χ1n) is 9.37. The van der Waals surface area contributed by atoms with E-state index in [0.717, 1.165) is 12.1 Å². The molecule has 0 fully saturated rings. The summed E-state index contributed by atoms with van der Waals surface area (Å²) in [6, 6.07) is 9.92. The molecule has 0 aliphatic carbocycles. The number of anilines is 2. The van der Waals surface area contributed by atoms with Gasteiger partial charge < -0.3 is 10.1 Å². The first-order valence-corrected chi connectivity index (χ1v) is 10.6. The summed E-state index contributed by atoms with van der Waals surface area (Å²) in [7, 11) is 0. The van der Waals surface area contributed by atoms with E-state index in [1.165, 1.54) is 29.7 Å². The van der Waals surface area contributed by atoms with E-state index >= 15 is 0 Å². The van der Waals surface area contributed by atoms with Gasteiger partial charge in [0.05, 0.1) is 35.5 Å². The number of rotatable bonds is 8. The van der Waals surface area contributed by atoms with Crippen molar-refractivity contribution in [2.45, 2.75) is 19.5 Å². The Balaban J connectivity index is 1.54. The standard InChI is InChI=1S/C21H18ClF3N4O2S/c1-2-31-18-7-6-13(8-17(18)22)11-26-29-19(30)10-16-12-32-20(28-16)27-15-5-3-4-14(9-15)21(23,24)25/h3-9,11-12H,2,10H2,1H3,(H,27,28)(H,29,30)/b26-11-. The van der Waals surface area contributed by atoms with Crippen LogP contribution in [0.2, 0.25) is 5.02 Å². The zero-order chi connectivity index (χ0) is 23.1. The van der Waals surface area contributed by atoms with E-state index in [0.29, 0.717) is 33.8 Å². The number of nitrogens with zero attached hydrogens (tertiary/aromatic N) is 2. The minimum absolute atomic E-state index is 0.0395. The van der Waals surface area contributed by atoms with Gasteiger partial charge in [-0.1, -0.05) is 17.7 Å². The highest BCUT2D eigenvalue weighted by Gasteiger charge is 2.30. The van der Waals surface area contributed by atoms with Crippen LogP contribution in [0.1, 0.15) is 23.7 Å². The van der Waals surface area contributed by atoms with E-state index in [-0.39, 0.29) is 12.1 Å². The molecule has 0 saturated carbocycles. The number of nitrogens with one attached hydrogen (secondary N) is 2. The van der Waals surface area contributed by atoms with Crippen molar-refractivity contribution in [2.24, 2.45) is 5.10 Å². The fourth-order valence-corrected chi connectivity index (χ4v) is 3.57. The van der Waals surface area contributed by atoms with E-state index in [4.69, 9.17) is 16.3 Å². The quantitative estimate of drug-likeness (QED) is 0.321. The summed E-state index contributed by atoms with van der Waals surface area (Å²) in [4.78, 5) is 16.3. The maximum atomic E-state index is 12.8. The second-order valence-electron chi connectivity index (χ2n) is 6.44. The highest BCUT2D eigenvalue weighted by molar-refractivity contribution is 7.13. The highest BCUT2D eigenvalue weighted by Crippen LogP contribution is 2.32. The van der Waals surface area contributed by atoms with Gasteiger partial charge in [0, 0.05) is 11.1 Å². The number of ether oxygens (including phenoxy) is 1. The summed E-state index contributed by atoms with van der Waals surface area (Å²) in [6.07, 6.45) is -3.02. The Morgan fingerprint density at radius 3 is 2.81 bits per heavy atom. The Hall–Kier alpha value is -3.11. The zero-order valence-electron chi connectivity index (χ0n) is 16.7. The Kier molecular flexibility index (Phi) is 7.70. The molecular weight excluding hydrogens is 465 g/mol. The molecule has 0 spiro atoms. The van der Waals surface area contributed by atoms with Gasteiger partial charge in [0.15, 0.2) is 5.13 Å². The van der Waals surface area contributed by atoms with Crippen LogP contribution in [0.3, 0.4) is 0 Å². The number of thiazole rings is 1. The van der Waals surface area contributed by atoms with E-state index in [1.807, 2.05) is 6.92 Å². The number of benzene rings is 2. The maximum Gasteiger partial charge on any atom is 0.416 e. The average molecular weight is 483 g/mol. The molecule has 0 unspecified atom stereocenters. The van der Waals surface area contributed by atoms with Gasteiger partial charge in [-0.15, -0.1) is 11.3 Å². The van der Waals surface area contributed by atoms with Crippen LogP contribution >= 0.6 is 22.9 Å². The van der Waals surface area contributed by atoms with Crippen LogP contribution in [-0.4, -0.2) is 23.7 Å². The third-order valence-electron chi connectivity index (χ3n) is 3.99. The summed E-state index contributed by atoms with van der Waals surface area (Å²) in [5.41, 5.74) is 3.03. The van der Waals surface area contributed by atoms with E-state index in [9.17, 15) is 18.0 Å².